The number of aromatic nitrogens is 2. The highest BCUT2D eigenvalue weighted by molar-refractivity contribution is 5.67. The van der Waals surface area contributed by atoms with E-state index in [0.717, 1.165) is 12.1 Å². The molecule has 2 N–H and O–H groups in total. The second-order valence-electron chi connectivity index (χ2n) is 7.84. The van der Waals surface area contributed by atoms with Crippen molar-refractivity contribution in [2.45, 2.75) is 64.9 Å². The van der Waals surface area contributed by atoms with Crippen LogP contribution in [-0.2, 0) is 10.2 Å². The average molecular weight is 320 g/mol. The van der Waals surface area contributed by atoms with Gasteiger partial charge in [-0.1, -0.05) is 20.8 Å². The minimum atomic E-state index is -0.483. The van der Waals surface area contributed by atoms with Gasteiger partial charge in [-0.2, -0.15) is 0 Å². The van der Waals surface area contributed by atoms with Crippen LogP contribution >= 0.6 is 0 Å². The molecule has 128 valence electrons. The number of ether oxygens (including phenoxy) is 1. The number of nitrogens with one attached hydrogen (secondary N) is 2. The average Bonchev–Trinajstić information content (AvgIpc) is 2.63. The van der Waals surface area contributed by atoms with Crippen molar-refractivity contribution in [1.29, 1.82) is 0 Å². The first-order valence-corrected chi connectivity index (χ1v) is 8.17. The molecule has 1 aromatic rings. The zero-order valence-corrected chi connectivity index (χ0v) is 15.0. The first kappa shape index (κ1) is 17.5. The van der Waals surface area contributed by atoms with E-state index in [1.165, 1.54) is 5.56 Å². The molecule has 0 radical (unpaired) electrons. The van der Waals surface area contributed by atoms with Crippen LogP contribution in [-0.4, -0.2) is 34.8 Å². The summed E-state index contributed by atoms with van der Waals surface area (Å²) in [6.45, 7) is 13.2. The number of rotatable bonds is 4. The quantitative estimate of drug-likeness (QED) is 0.833. The van der Waals surface area contributed by atoms with Crippen LogP contribution in [0.15, 0.2) is 6.20 Å². The van der Waals surface area contributed by atoms with Crippen LogP contribution in [0.3, 0.4) is 0 Å². The summed E-state index contributed by atoms with van der Waals surface area (Å²) in [5.74, 6) is 1.06. The molecule has 0 saturated heterocycles. The predicted octanol–water partition coefficient (Wildman–Crippen LogP) is 3.20. The van der Waals surface area contributed by atoms with Gasteiger partial charge in [0.15, 0.2) is 0 Å². The maximum atomic E-state index is 11.5. The second kappa shape index (κ2) is 6.34. The number of hydrogen-bond donors (Lipinski definition) is 2. The Balaban J connectivity index is 1.84. The van der Waals surface area contributed by atoms with E-state index in [4.69, 9.17) is 4.74 Å². The van der Waals surface area contributed by atoms with Crippen LogP contribution in [0.4, 0.5) is 10.7 Å². The maximum absolute atomic E-state index is 11.5. The van der Waals surface area contributed by atoms with Gasteiger partial charge in [-0.25, -0.2) is 14.8 Å². The molecular weight excluding hydrogens is 292 g/mol. The number of carbonyl (C=O) groups is 1. The molecule has 0 bridgehead atoms. The third-order valence-electron chi connectivity index (χ3n) is 3.91. The number of fused-ring (bicyclic) bond motifs is 1. The lowest BCUT2D eigenvalue weighted by molar-refractivity contribution is 0.0530. The first-order valence-electron chi connectivity index (χ1n) is 8.17. The Morgan fingerprint density at radius 1 is 1.39 bits per heavy atom. The fourth-order valence-electron chi connectivity index (χ4n) is 3.00. The van der Waals surface area contributed by atoms with Gasteiger partial charge in [0.2, 0.25) is 5.95 Å². The molecule has 0 spiro atoms. The third-order valence-corrected chi connectivity index (χ3v) is 3.91. The molecule has 1 amide bonds. The Labute approximate surface area is 138 Å². The Kier molecular flexibility index (Phi) is 4.82. The van der Waals surface area contributed by atoms with E-state index < -0.39 is 11.7 Å². The summed E-state index contributed by atoms with van der Waals surface area (Å²) in [6.07, 6.45) is 2.61. The Hall–Kier alpha value is -1.85. The molecule has 0 saturated carbocycles. The van der Waals surface area contributed by atoms with Crippen LogP contribution < -0.4 is 10.6 Å². The van der Waals surface area contributed by atoms with E-state index >= 15 is 0 Å². The summed E-state index contributed by atoms with van der Waals surface area (Å²) in [5, 5.41) is 5.85. The van der Waals surface area contributed by atoms with Gasteiger partial charge < -0.3 is 15.4 Å². The summed E-state index contributed by atoms with van der Waals surface area (Å²) < 4.78 is 5.18. The number of hydrogen-bond acceptors (Lipinski definition) is 5. The highest BCUT2D eigenvalue weighted by Gasteiger charge is 2.36. The molecule has 1 atom stereocenters. The van der Waals surface area contributed by atoms with Crippen LogP contribution in [0.1, 0.15) is 65.1 Å². The van der Waals surface area contributed by atoms with E-state index in [0.29, 0.717) is 25.0 Å². The van der Waals surface area contributed by atoms with E-state index in [9.17, 15) is 4.79 Å². The molecule has 6 nitrogen and oxygen atoms in total. The largest absolute Gasteiger partial charge is 0.444 e. The Morgan fingerprint density at radius 2 is 2.09 bits per heavy atom. The van der Waals surface area contributed by atoms with Crippen molar-refractivity contribution in [3.63, 3.8) is 0 Å². The Bertz CT molecular complexity index is 578. The minimum Gasteiger partial charge on any atom is -0.444 e. The van der Waals surface area contributed by atoms with Gasteiger partial charge in [-0.3, -0.25) is 0 Å². The maximum Gasteiger partial charge on any atom is 0.407 e. The molecule has 0 fully saturated rings. The second-order valence-corrected chi connectivity index (χ2v) is 7.84. The fraction of sp³-hybridized carbons (Fsp3) is 0.706. The number of amides is 1. The number of carbonyl (C=O) groups excluding carboxylic acids is 1. The van der Waals surface area contributed by atoms with E-state index in [1.54, 1.807) is 0 Å². The SMILES string of the molecule is CC1CC(C)(C)c2cnc(NCCNC(=O)OC(C)(C)C)nc21. The fourth-order valence-corrected chi connectivity index (χ4v) is 3.00. The summed E-state index contributed by atoms with van der Waals surface area (Å²) in [5.41, 5.74) is 2.03. The van der Waals surface area contributed by atoms with Crippen molar-refractivity contribution in [2.24, 2.45) is 0 Å². The van der Waals surface area contributed by atoms with Crippen molar-refractivity contribution < 1.29 is 9.53 Å². The summed E-state index contributed by atoms with van der Waals surface area (Å²) in [7, 11) is 0. The zero-order chi connectivity index (χ0) is 17.3. The highest BCUT2D eigenvalue weighted by Crippen LogP contribution is 2.44. The molecular formula is C17H28N4O2. The molecule has 6 heteroatoms. The van der Waals surface area contributed by atoms with E-state index in [-0.39, 0.29) is 5.41 Å². The van der Waals surface area contributed by atoms with Gasteiger partial charge in [0.05, 0.1) is 5.69 Å². The lowest BCUT2D eigenvalue weighted by Gasteiger charge is -2.19. The van der Waals surface area contributed by atoms with Gasteiger partial charge >= 0.3 is 6.09 Å². The topological polar surface area (TPSA) is 76.1 Å². The third kappa shape index (κ3) is 4.56. The van der Waals surface area contributed by atoms with Crippen LogP contribution in [0.25, 0.3) is 0 Å². The molecule has 0 aliphatic heterocycles. The van der Waals surface area contributed by atoms with Crippen molar-refractivity contribution in [1.82, 2.24) is 15.3 Å². The van der Waals surface area contributed by atoms with Gasteiger partial charge in [0.1, 0.15) is 5.60 Å². The molecule has 1 unspecified atom stereocenters. The van der Waals surface area contributed by atoms with Crippen LogP contribution in [0, 0.1) is 0 Å². The molecule has 1 heterocycles. The van der Waals surface area contributed by atoms with Gasteiger partial charge in [0, 0.05) is 19.3 Å². The lowest BCUT2D eigenvalue weighted by atomic mass is 9.87. The van der Waals surface area contributed by atoms with Crippen molar-refractivity contribution in [3.8, 4) is 0 Å². The van der Waals surface area contributed by atoms with Crippen molar-refractivity contribution in [3.05, 3.63) is 17.5 Å². The lowest BCUT2D eigenvalue weighted by Crippen LogP contribution is -2.35. The van der Waals surface area contributed by atoms with Gasteiger partial charge in [0.25, 0.3) is 0 Å². The van der Waals surface area contributed by atoms with E-state index in [2.05, 4.69) is 41.4 Å². The van der Waals surface area contributed by atoms with E-state index in [1.807, 2.05) is 27.0 Å². The van der Waals surface area contributed by atoms with Crippen LogP contribution in [0.2, 0.25) is 0 Å². The van der Waals surface area contributed by atoms with Crippen molar-refractivity contribution >= 4 is 12.0 Å². The molecule has 1 aliphatic carbocycles. The first-order chi connectivity index (χ1) is 10.6. The smallest absolute Gasteiger partial charge is 0.407 e. The summed E-state index contributed by atoms with van der Waals surface area (Å²) in [4.78, 5) is 20.6. The monoisotopic (exact) mass is 320 g/mol. The summed E-state index contributed by atoms with van der Waals surface area (Å²) >= 11 is 0. The van der Waals surface area contributed by atoms with Gasteiger partial charge in [-0.05, 0) is 44.1 Å². The molecule has 1 aliphatic rings. The zero-order valence-electron chi connectivity index (χ0n) is 15.0. The summed E-state index contributed by atoms with van der Waals surface area (Å²) in [6, 6.07) is 0. The Morgan fingerprint density at radius 3 is 2.74 bits per heavy atom. The standard InChI is InChI=1S/C17H28N4O2/c1-11-9-17(5,6)12-10-20-14(21-13(11)12)18-7-8-19-15(22)23-16(2,3)4/h10-11H,7-9H2,1-6H3,(H,19,22)(H,18,20,21). The number of nitrogens with zero attached hydrogens (tertiary/aromatic N) is 2. The molecule has 23 heavy (non-hydrogen) atoms. The number of alkyl carbamates (subject to hydrolysis) is 1. The van der Waals surface area contributed by atoms with Crippen LogP contribution in [0.5, 0.6) is 0 Å². The normalized spacial score (nSPS) is 19.1. The molecule has 2 rings (SSSR count). The minimum absolute atomic E-state index is 0.144. The molecule has 1 aromatic heterocycles. The van der Waals surface area contributed by atoms with Gasteiger partial charge in [-0.15, -0.1) is 0 Å². The van der Waals surface area contributed by atoms with Crippen molar-refractivity contribution in [2.75, 3.05) is 18.4 Å². The highest BCUT2D eigenvalue weighted by atomic mass is 16.6. The predicted molar refractivity (Wildman–Crippen MR) is 90.8 cm³/mol. The molecule has 0 aromatic carbocycles. The number of anilines is 1.